The number of halogens is 2. The second kappa shape index (κ2) is 6.00. The van der Waals surface area contributed by atoms with E-state index in [1.54, 1.807) is 6.92 Å². The minimum Gasteiger partial charge on any atom is -0.307 e. The van der Waals surface area contributed by atoms with Gasteiger partial charge < -0.3 is 5.32 Å². The van der Waals surface area contributed by atoms with Crippen molar-refractivity contribution in [1.82, 2.24) is 4.72 Å². The fourth-order valence-corrected chi connectivity index (χ4v) is 3.83. The van der Waals surface area contributed by atoms with E-state index in [2.05, 4.69) is 5.32 Å². The highest BCUT2D eigenvalue weighted by molar-refractivity contribution is 7.92. The van der Waals surface area contributed by atoms with E-state index in [0.29, 0.717) is 5.56 Å². The summed E-state index contributed by atoms with van der Waals surface area (Å²) in [7, 11) is -4.00. The Morgan fingerprint density at radius 1 is 1.29 bits per heavy atom. The molecule has 0 spiro atoms. The lowest BCUT2D eigenvalue weighted by atomic mass is 10.2. The number of hydrogen-bond acceptors (Lipinski definition) is 4. The summed E-state index contributed by atoms with van der Waals surface area (Å²) in [6.07, 6.45) is 0. The standard InChI is InChI=1S/C12H10ClFN2O3S2/c1-7-2-3-8(6-9(7)14)15-12(17)16-21(18,19)11-5-4-10(13)20-11/h2-6H,1H3,(H2,15,16,17). The predicted molar refractivity (Wildman–Crippen MR) is 79.8 cm³/mol. The first-order valence-electron chi connectivity index (χ1n) is 5.63. The quantitative estimate of drug-likeness (QED) is 0.893. The number of nitrogens with one attached hydrogen (secondary N) is 2. The van der Waals surface area contributed by atoms with Crippen LogP contribution in [0.3, 0.4) is 0 Å². The first-order chi connectivity index (χ1) is 9.78. The molecule has 0 saturated heterocycles. The maximum Gasteiger partial charge on any atom is 0.333 e. The number of amides is 2. The van der Waals surface area contributed by atoms with Crippen LogP contribution in [0.1, 0.15) is 5.56 Å². The number of anilines is 1. The van der Waals surface area contributed by atoms with Crippen molar-refractivity contribution in [3.05, 3.63) is 46.0 Å². The molecule has 0 atom stereocenters. The van der Waals surface area contributed by atoms with Gasteiger partial charge in [-0.2, -0.15) is 0 Å². The zero-order valence-electron chi connectivity index (χ0n) is 10.7. The molecule has 0 radical (unpaired) electrons. The average molecular weight is 349 g/mol. The summed E-state index contributed by atoms with van der Waals surface area (Å²) in [5.74, 6) is -0.499. The Kier molecular flexibility index (Phi) is 4.50. The van der Waals surface area contributed by atoms with Gasteiger partial charge in [0.05, 0.1) is 4.34 Å². The van der Waals surface area contributed by atoms with Gasteiger partial charge in [0.25, 0.3) is 10.0 Å². The molecular weight excluding hydrogens is 339 g/mol. The van der Waals surface area contributed by atoms with Gasteiger partial charge in [0.15, 0.2) is 0 Å². The predicted octanol–water partition coefficient (Wildman–Crippen LogP) is 3.36. The summed E-state index contributed by atoms with van der Waals surface area (Å²) in [5, 5.41) is 2.25. The number of benzene rings is 1. The Morgan fingerprint density at radius 3 is 2.57 bits per heavy atom. The molecule has 0 fully saturated rings. The third kappa shape index (κ3) is 3.93. The molecule has 1 aromatic heterocycles. The molecule has 112 valence electrons. The van der Waals surface area contributed by atoms with Crippen molar-refractivity contribution in [2.24, 2.45) is 0 Å². The third-order valence-electron chi connectivity index (χ3n) is 2.47. The van der Waals surface area contributed by atoms with E-state index >= 15 is 0 Å². The van der Waals surface area contributed by atoms with Crippen molar-refractivity contribution < 1.29 is 17.6 Å². The van der Waals surface area contributed by atoms with Gasteiger partial charge in [-0.25, -0.2) is 22.3 Å². The molecule has 0 aliphatic carbocycles. The van der Waals surface area contributed by atoms with E-state index in [4.69, 9.17) is 11.6 Å². The van der Waals surface area contributed by atoms with Gasteiger partial charge >= 0.3 is 6.03 Å². The van der Waals surface area contributed by atoms with Crippen LogP contribution >= 0.6 is 22.9 Å². The number of hydrogen-bond donors (Lipinski definition) is 2. The second-order valence-electron chi connectivity index (χ2n) is 4.08. The van der Waals surface area contributed by atoms with Crippen molar-refractivity contribution in [3.63, 3.8) is 0 Å². The molecule has 9 heteroatoms. The number of carbonyl (C=O) groups excluding carboxylic acids is 1. The molecule has 0 aliphatic heterocycles. The lowest BCUT2D eigenvalue weighted by molar-refractivity contribution is 0.256. The second-order valence-corrected chi connectivity index (χ2v) is 7.71. The lowest BCUT2D eigenvalue weighted by Crippen LogP contribution is -2.33. The molecule has 2 rings (SSSR count). The van der Waals surface area contributed by atoms with Crippen LogP contribution in [-0.2, 0) is 10.0 Å². The number of urea groups is 1. The van der Waals surface area contributed by atoms with Crippen LogP contribution < -0.4 is 10.0 Å². The monoisotopic (exact) mass is 348 g/mol. The van der Waals surface area contributed by atoms with Crippen molar-refractivity contribution >= 4 is 44.7 Å². The molecule has 2 N–H and O–H groups in total. The maximum absolute atomic E-state index is 13.3. The highest BCUT2D eigenvalue weighted by atomic mass is 35.5. The molecule has 0 unspecified atom stereocenters. The van der Waals surface area contributed by atoms with Gasteiger partial charge in [-0.3, -0.25) is 0 Å². The normalized spacial score (nSPS) is 11.2. The van der Waals surface area contributed by atoms with Crippen molar-refractivity contribution in [3.8, 4) is 0 Å². The molecule has 1 heterocycles. The van der Waals surface area contributed by atoms with Crippen LogP contribution in [0.2, 0.25) is 4.34 Å². The van der Waals surface area contributed by atoms with E-state index in [-0.39, 0.29) is 14.2 Å². The number of thiophene rings is 1. The Bertz CT molecular complexity index is 790. The molecule has 0 aliphatic rings. The van der Waals surface area contributed by atoms with Crippen molar-refractivity contribution in [1.29, 1.82) is 0 Å². The first kappa shape index (κ1) is 15.7. The van der Waals surface area contributed by atoms with E-state index in [0.717, 1.165) is 17.4 Å². The summed E-state index contributed by atoms with van der Waals surface area (Å²) < 4.78 is 39.1. The highest BCUT2D eigenvalue weighted by Gasteiger charge is 2.19. The largest absolute Gasteiger partial charge is 0.333 e. The zero-order valence-corrected chi connectivity index (χ0v) is 13.1. The summed E-state index contributed by atoms with van der Waals surface area (Å²) >= 11 is 6.47. The van der Waals surface area contributed by atoms with E-state index in [9.17, 15) is 17.6 Å². The molecule has 0 bridgehead atoms. The minimum absolute atomic E-state index is 0.0854. The SMILES string of the molecule is Cc1ccc(NC(=O)NS(=O)(=O)c2ccc(Cl)s2)cc1F. The van der Waals surface area contributed by atoms with E-state index in [1.165, 1.54) is 24.3 Å². The van der Waals surface area contributed by atoms with Gasteiger partial charge in [0.1, 0.15) is 10.0 Å². The Morgan fingerprint density at radius 2 is 2.00 bits per heavy atom. The van der Waals surface area contributed by atoms with Crippen molar-refractivity contribution in [2.45, 2.75) is 11.1 Å². The fraction of sp³-hybridized carbons (Fsp3) is 0.0833. The van der Waals surface area contributed by atoms with Gasteiger partial charge in [0, 0.05) is 5.69 Å². The van der Waals surface area contributed by atoms with Gasteiger partial charge in [-0.05, 0) is 36.8 Å². The summed E-state index contributed by atoms with van der Waals surface area (Å²) in [4.78, 5) is 11.7. The summed E-state index contributed by atoms with van der Waals surface area (Å²) in [6, 6.07) is 5.75. The van der Waals surface area contributed by atoms with Crippen molar-refractivity contribution in [2.75, 3.05) is 5.32 Å². The Hall–Kier alpha value is -1.64. The maximum atomic E-state index is 13.3. The molecule has 2 aromatic rings. The van der Waals surface area contributed by atoms with E-state index < -0.39 is 21.9 Å². The molecular formula is C12H10ClFN2O3S2. The average Bonchev–Trinajstić information content (AvgIpc) is 2.81. The number of rotatable bonds is 3. The fourth-order valence-electron chi connectivity index (χ4n) is 1.44. The Balaban J connectivity index is 2.09. The van der Waals surface area contributed by atoms with Crippen LogP contribution in [0.15, 0.2) is 34.5 Å². The molecule has 1 aromatic carbocycles. The zero-order chi connectivity index (χ0) is 15.6. The van der Waals surface area contributed by atoms with Gasteiger partial charge in [-0.1, -0.05) is 17.7 Å². The highest BCUT2D eigenvalue weighted by Crippen LogP contribution is 2.25. The minimum atomic E-state index is -4.00. The topological polar surface area (TPSA) is 75.3 Å². The van der Waals surface area contributed by atoms with Crippen LogP contribution in [-0.4, -0.2) is 14.4 Å². The molecule has 2 amide bonds. The Labute approximate surface area is 129 Å². The van der Waals surface area contributed by atoms with Gasteiger partial charge in [-0.15, -0.1) is 11.3 Å². The smallest absolute Gasteiger partial charge is 0.307 e. The molecule has 0 saturated carbocycles. The lowest BCUT2D eigenvalue weighted by Gasteiger charge is -2.08. The number of sulfonamides is 1. The number of carbonyl (C=O) groups is 1. The number of aryl methyl sites for hydroxylation is 1. The van der Waals surface area contributed by atoms with E-state index in [1.807, 2.05) is 4.72 Å². The summed E-state index contributed by atoms with van der Waals surface area (Å²) in [5.41, 5.74) is 0.566. The van der Waals surface area contributed by atoms with Gasteiger partial charge in [0.2, 0.25) is 0 Å². The summed E-state index contributed by atoms with van der Waals surface area (Å²) in [6.45, 7) is 1.57. The van der Waals surface area contributed by atoms with Crippen LogP contribution in [0.4, 0.5) is 14.9 Å². The molecule has 5 nitrogen and oxygen atoms in total. The first-order valence-corrected chi connectivity index (χ1v) is 8.31. The van der Waals surface area contributed by atoms with Crippen LogP contribution in [0, 0.1) is 12.7 Å². The third-order valence-corrected chi connectivity index (χ3v) is 5.52. The van der Waals surface area contributed by atoms with Crippen LogP contribution in [0.25, 0.3) is 0 Å². The molecule has 21 heavy (non-hydrogen) atoms. The van der Waals surface area contributed by atoms with Crippen LogP contribution in [0.5, 0.6) is 0 Å².